The fraction of sp³-hybridized carbons (Fsp3) is 0. The van der Waals surface area contributed by atoms with Crippen LogP contribution in [0.5, 0.6) is 0 Å². The molecule has 7 heteroatoms. The van der Waals surface area contributed by atoms with Crippen LogP contribution in [0.15, 0.2) is 128 Å². The van der Waals surface area contributed by atoms with Crippen molar-refractivity contribution >= 4 is 115 Å². The summed E-state index contributed by atoms with van der Waals surface area (Å²) in [4.78, 5) is 8.43. The molecule has 0 aliphatic heterocycles. The molecule has 0 fully saturated rings. The van der Waals surface area contributed by atoms with Crippen molar-refractivity contribution in [1.29, 1.82) is 5.26 Å². The summed E-state index contributed by atoms with van der Waals surface area (Å²) in [5, 5.41) is 17.9. The van der Waals surface area contributed by atoms with E-state index in [1.54, 1.807) is 0 Å². The molecule has 11 rings (SSSR count). The summed E-state index contributed by atoms with van der Waals surface area (Å²) < 4.78 is 9.94. The van der Waals surface area contributed by atoms with Crippen LogP contribution in [0.2, 0.25) is 0 Å². The molecule has 50 heavy (non-hydrogen) atoms. The van der Waals surface area contributed by atoms with E-state index in [1.165, 1.54) is 55.9 Å². The van der Waals surface area contributed by atoms with Gasteiger partial charge in [0.25, 0.3) is 0 Å². The predicted octanol–water partition coefficient (Wildman–Crippen LogP) is 11.4. The number of para-hydroxylation sites is 1. The Balaban J connectivity index is 1.16. The number of hydrogen-bond acceptors (Lipinski definition) is 3. The molecular weight excluding hydrogens is 698 g/mol. The minimum atomic E-state index is 0.200. The molecule has 230 valence electrons. The van der Waals surface area contributed by atoms with Gasteiger partial charge in [-0.25, -0.2) is 0 Å². The number of benzene rings is 6. The van der Waals surface area contributed by atoms with Crippen molar-refractivity contribution in [3.8, 4) is 17.4 Å². The van der Waals surface area contributed by atoms with Crippen molar-refractivity contribution in [2.75, 3.05) is 0 Å². The maximum atomic E-state index is 9.67. The zero-order valence-electron chi connectivity index (χ0n) is 26.2. The van der Waals surface area contributed by atoms with Gasteiger partial charge in [0.1, 0.15) is 0 Å². The fourth-order valence-corrected chi connectivity index (χ4v) is 11.3. The van der Waals surface area contributed by atoms with Gasteiger partial charge < -0.3 is 0 Å². The van der Waals surface area contributed by atoms with Crippen LogP contribution in [0.3, 0.4) is 0 Å². The van der Waals surface area contributed by atoms with Gasteiger partial charge >= 0.3 is 296 Å². The number of nitriles is 1. The van der Waals surface area contributed by atoms with E-state index in [0.29, 0.717) is 11.3 Å². The molecule has 6 aromatic carbocycles. The summed E-state index contributed by atoms with van der Waals surface area (Å²) in [5.41, 5.74) is 8.91. The molecule has 0 aliphatic carbocycles. The molecule has 5 aromatic heterocycles. The number of aromatic nitrogens is 3. The summed E-state index contributed by atoms with van der Waals surface area (Å²) >= 11 is 2.03. The van der Waals surface area contributed by atoms with Gasteiger partial charge in [0.05, 0.1) is 0 Å². The predicted molar refractivity (Wildman–Crippen MR) is 209 cm³/mol. The van der Waals surface area contributed by atoms with Crippen molar-refractivity contribution < 1.29 is 0 Å². The van der Waals surface area contributed by atoms with Crippen molar-refractivity contribution in [3.05, 3.63) is 145 Å². The molecule has 5 nitrogen and oxygen atoms in total. The second-order valence-corrected chi connectivity index (χ2v) is 15.9. The van der Waals surface area contributed by atoms with E-state index in [-0.39, 0.29) is 14.5 Å². The second kappa shape index (κ2) is 10.2. The zero-order chi connectivity index (χ0) is 33.1. The number of hydrogen-bond donors (Lipinski definition) is 0. The molecule has 11 aromatic rings. The molecule has 0 amide bonds. The normalized spacial score (nSPS) is 12.0. The quantitative estimate of drug-likeness (QED) is 0.132. The Morgan fingerprint density at radius 1 is 0.640 bits per heavy atom. The molecular formula is C43H21N5SSe. The molecule has 0 radical (unpaired) electrons. The monoisotopic (exact) mass is 719 g/mol. The van der Waals surface area contributed by atoms with Crippen molar-refractivity contribution in [3.63, 3.8) is 0 Å². The van der Waals surface area contributed by atoms with E-state index >= 15 is 0 Å². The topological polar surface area (TPSA) is 50.9 Å². The van der Waals surface area contributed by atoms with Gasteiger partial charge in [-0.05, 0) is 0 Å². The Labute approximate surface area is 294 Å². The van der Waals surface area contributed by atoms with Crippen LogP contribution in [0.1, 0.15) is 5.56 Å². The first-order valence-electron chi connectivity index (χ1n) is 16.2. The van der Waals surface area contributed by atoms with Crippen molar-refractivity contribution in [2.45, 2.75) is 0 Å². The average Bonchev–Trinajstić information content (AvgIpc) is 3.91. The van der Waals surface area contributed by atoms with E-state index in [2.05, 4.69) is 98.9 Å². The molecule has 0 saturated heterocycles. The van der Waals surface area contributed by atoms with E-state index in [0.717, 1.165) is 38.7 Å². The Kier molecular flexibility index (Phi) is 5.63. The van der Waals surface area contributed by atoms with E-state index in [4.69, 9.17) is 11.6 Å². The van der Waals surface area contributed by atoms with E-state index in [1.807, 2.05) is 60.0 Å². The van der Waals surface area contributed by atoms with E-state index < -0.39 is 0 Å². The molecule has 0 spiro atoms. The first-order valence-corrected chi connectivity index (χ1v) is 18.7. The molecule has 5 heterocycles. The standard InChI is InChI=1S/C43H21N5SSe/c1-45-25-9-14-36-31(20-25)30-19-24(23-44)8-13-35(30)47(36)26-10-16-39-32(21-26)33-22-27(11-17-40(33)50-39)48-34-6-3-2-5-28(34)41-37(48)15-12-29-42-38(49-43(29)41)7-4-18-46-42/h2-22H. The molecule has 0 atom stereocenters. The molecule has 0 saturated carbocycles. The minimum absolute atomic E-state index is 0.200. The SMILES string of the molecule is [C-]#[N+]c1ccc2c(c1)c1cc(C#N)ccc1n2-c1ccc2[se]c3ccc(-n4c5ccccc5c5c6sc7cccnc7c6ccc54)cc3c2c1. The second-order valence-electron chi connectivity index (χ2n) is 12.6. The fourth-order valence-electron chi connectivity index (χ4n) is 7.84. The maximum absolute atomic E-state index is 9.67. The van der Waals surface area contributed by atoms with Gasteiger partial charge in [-0.15, -0.1) is 0 Å². The Bertz CT molecular complexity index is 3290. The van der Waals surface area contributed by atoms with Crippen LogP contribution in [0, 0.1) is 17.9 Å². The van der Waals surface area contributed by atoms with Gasteiger partial charge in [-0.3, -0.25) is 0 Å². The first-order chi connectivity index (χ1) is 24.7. The van der Waals surface area contributed by atoms with Gasteiger partial charge in [0.15, 0.2) is 0 Å². The summed E-state index contributed by atoms with van der Waals surface area (Å²) in [6.07, 6.45) is 1.88. The molecule has 0 aliphatic rings. The number of nitrogens with zero attached hydrogens (tertiary/aromatic N) is 5. The van der Waals surface area contributed by atoms with Crippen molar-refractivity contribution in [2.24, 2.45) is 0 Å². The molecule has 0 unspecified atom stereocenters. The summed E-state index contributed by atoms with van der Waals surface area (Å²) in [6.45, 7) is 7.61. The summed E-state index contributed by atoms with van der Waals surface area (Å²) in [7, 11) is 0. The average molecular weight is 719 g/mol. The number of thiophene rings is 1. The van der Waals surface area contributed by atoms with Gasteiger partial charge in [-0.2, -0.15) is 0 Å². The third-order valence-corrected chi connectivity index (χ3v) is 13.6. The van der Waals surface area contributed by atoms with Gasteiger partial charge in [0.2, 0.25) is 0 Å². The van der Waals surface area contributed by atoms with Crippen LogP contribution in [-0.4, -0.2) is 28.6 Å². The number of pyridine rings is 1. The van der Waals surface area contributed by atoms with Crippen molar-refractivity contribution in [1.82, 2.24) is 14.1 Å². The first kappa shape index (κ1) is 27.7. The van der Waals surface area contributed by atoms with Gasteiger partial charge in [-0.1, -0.05) is 0 Å². The summed E-state index contributed by atoms with van der Waals surface area (Å²) in [5.74, 6) is 0. The summed E-state index contributed by atoms with van der Waals surface area (Å²) in [6, 6.07) is 45.2. The number of fused-ring (bicyclic) bond motifs is 13. The molecule has 0 N–H and O–H groups in total. The van der Waals surface area contributed by atoms with Crippen LogP contribution < -0.4 is 0 Å². The van der Waals surface area contributed by atoms with Crippen LogP contribution >= 0.6 is 11.3 Å². The van der Waals surface area contributed by atoms with Gasteiger partial charge in [0, 0.05) is 0 Å². The Hall–Kier alpha value is -6.21. The van der Waals surface area contributed by atoms with E-state index in [9.17, 15) is 5.26 Å². The Morgan fingerprint density at radius 3 is 2.12 bits per heavy atom. The number of rotatable bonds is 2. The third kappa shape index (κ3) is 3.72. The third-order valence-electron chi connectivity index (χ3n) is 9.99. The van der Waals surface area contributed by atoms with Crippen LogP contribution in [0.4, 0.5) is 5.69 Å². The zero-order valence-corrected chi connectivity index (χ0v) is 28.7. The Morgan fingerprint density at radius 2 is 1.34 bits per heavy atom. The van der Waals surface area contributed by atoms with Crippen LogP contribution in [0.25, 0.3) is 99.4 Å². The molecule has 0 bridgehead atoms. The van der Waals surface area contributed by atoms with Crippen LogP contribution in [-0.2, 0) is 0 Å².